The molecule has 31 heavy (non-hydrogen) atoms. The summed E-state index contributed by atoms with van der Waals surface area (Å²) in [5.74, 6) is 0.312. The zero-order valence-electron chi connectivity index (χ0n) is 15.7. The predicted molar refractivity (Wildman–Crippen MR) is 115 cm³/mol. The number of nitrogens with one attached hydrogen (secondary N) is 2. The first-order chi connectivity index (χ1) is 14.8. The largest absolute Gasteiger partial charge is 0.382 e. The van der Waals surface area contributed by atoms with Crippen LogP contribution in [0.15, 0.2) is 64.9 Å². The van der Waals surface area contributed by atoms with Crippen LogP contribution in [0.4, 0.5) is 15.4 Å². The Morgan fingerprint density at radius 3 is 2.74 bits per heavy atom. The molecule has 158 valence electrons. The average Bonchev–Trinajstić information content (AvgIpc) is 3.17. The van der Waals surface area contributed by atoms with Crippen molar-refractivity contribution < 1.29 is 17.1 Å². The lowest BCUT2D eigenvalue weighted by atomic mass is 10.2. The van der Waals surface area contributed by atoms with Crippen LogP contribution in [-0.4, -0.2) is 34.3 Å². The van der Waals surface area contributed by atoms with Gasteiger partial charge in [-0.05, 0) is 35.9 Å². The van der Waals surface area contributed by atoms with Gasteiger partial charge in [0.15, 0.2) is 16.6 Å². The molecule has 9 nitrogen and oxygen atoms in total. The van der Waals surface area contributed by atoms with E-state index in [1.807, 2.05) is 6.07 Å². The molecule has 0 bridgehead atoms. The van der Waals surface area contributed by atoms with Crippen molar-refractivity contribution in [3.8, 4) is 0 Å². The molecule has 2 aromatic heterocycles. The molecule has 4 rings (SSSR count). The minimum atomic E-state index is -4.89. The maximum Gasteiger partial charge on any atom is 0.332 e. The van der Waals surface area contributed by atoms with Crippen molar-refractivity contribution in [3.05, 3.63) is 66.0 Å². The second kappa shape index (κ2) is 8.32. The van der Waals surface area contributed by atoms with E-state index in [0.717, 1.165) is 17.7 Å². The predicted octanol–water partition coefficient (Wildman–Crippen LogP) is 3.14. The Morgan fingerprint density at radius 1 is 1.16 bits per heavy atom. The molecule has 2 heterocycles. The van der Waals surface area contributed by atoms with Gasteiger partial charge in [0.1, 0.15) is 11.8 Å². The Balaban J connectivity index is 1.45. The quantitative estimate of drug-likeness (QED) is 0.295. The molecule has 4 N–H and O–H groups in total. The van der Waals surface area contributed by atoms with E-state index < -0.39 is 21.0 Å². The number of fused-ring (bicyclic) bond motifs is 1. The number of rotatable bonds is 6. The molecule has 0 saturated heterocycles. The van der Waals surface area contributed by atoms with Gasteiger partial charge in [0.05, 0.1) is 4.90 Å². The molecule has 12 heteroatoms. The number of hydrogen-bond acceptors (Lipinski definition) is 8. The van der Waals surface area contributed by atoms with Crippen molar-refractivity contribution in [1.82, 2.24) is 19.9 Å². The van der Waals surface area contributed by atoms with Crippen LogP contribution >= 0.6 is 11.8 Å². The second-order valence-corrected chi connectivity index (χ2v) is 8.72. The maximum absolute atomic E-state index is 13.2. The molecule has 2 aromatic carbocycles. The number of H-pyrrole nitrogens is 1. The normalized spacial score (nSPS) is 11.5. The average molecular weight is 459 g/mol. The molecule has 4 aromatic rings. The number of halogens is 1. The van der Waals surface area contributed by atoms with E-state index in [1.54, 1.807) is 18.2 Å². The number of carbonyl (C=O) groups is 1. The fourth-order valence-corrected chi connectivity index (χ4v) is 4.09. The number of thioether (sulfide) groups is 1. The Hall–Kier alpha value is -3.51. The monoisotopic (exact) mass is 458 g/mol. The summed E-state index contributed by atoms with van der Waals surface area (Å²) in [5, 5.41) is 3.31. The summed E-state index contributed by atoms with van der Waals surface area (Å²) >= 11 is 1.43. The number of hydrogen-bond donors (Lipinski definition) is 3. The summed E-state index contributed by atoms with van der Waals surface area (Å²) in [7, 11) is -4.89. The number of aromatic amines is 1. The first kappa shape index (κ1) is 20.8. The fourth-order valence-electron chi connectivity index (χ4n) is 2.78. The third-order valence-corrected chi connectivity index (χ3v) is 6.00. The van der Waals surface area contributed by atoms with Crippen LogP contribution in [0.1, 0.15) is 15.9 Å². The van der Waals surface area contributed by atoms with Crippen molar-refractivity contribution in [3.63, 3.8) is 0 Å². The number of anilines is 2. The molecule has 0 fully saturated rings. The van der Waals surface area contributed by atoms with E-state index in [4.69, 9.17) is 5.73 Å². The van der Waals surface area contributed by atoms with Crippen LogP contribution in [0.3, 0.4) is 0 Å². The van der Waals surface area contributed by atoms with Crippen molar-refractivity contribution in [2.45, 2.75) is 15.8 Å². The number of nitrogens with two attached hydrogens (primary N) is 1. The lowest BCUT2D eigenvalue weighted by Gasteiger charge is -2.08. The van der Waals surface area contributed by atoms with Crippen molar-refractivity contribution in [2.75, 3.05) is 11.1 Å². The number of amides is 1. The number of nitrogens with zero attached hydrogens (tertiary/aromatic N) is 3. The number of aromatic nitrogens is 4. The summed E-state index contributed by atoms with van der Waals surface area (Å²) in [6.45, 7) is 0. The van der Waals surface area contributed by atoms with Gasteiger partial charge >= 0.3 is 10.2 Å². The number of carbonyl (C=O) groups excluding carboxylic acids is 1. The molecule has 0 saturated carbocycles. The van der Waals surface area contributed by atoms with E-state index in [2.05, 4.69) is 25.3 Å². The lowest BCUT2D eigenvalue weighted by Crippen LogP contribution is -2.12. The van der Waals surface area contributed by atoms with Gasteiger partial charge in [-0.2, -0.15) is 8.42 Å². The molecule has 0 aliphatic rings. The van der Waals surface area contributed by atoms with Crippen LogP contribution in [-0.2, 0) is 16.0 Å². The standard InChI is InChI=1S/C19H15FN6O3S2/c20-31(28,29)14-6-2-4-12(8-14)18(27)24-13-5-1-3-11(7-13)9-30-19-25-15-16(21)22-10-23-17(15)26-19/h1-8,10H,9H2,(H,24,27)(H3,21,22,23,25,26). The van der Waals surface area contributed by atoms with E-state index in [-0.39, 0.29) is 5.56 Å². The molecule has 0 aliphatic carbocycles. The van der Waals surface area contributed by atoms with Crippen molar-refractivity contribution in [1.29, 1.82) is 0 Å². The summed E-state index contributed by atoms with van der Waals surface area (Å²) in [5.41, 5.74) is 8.29. The summed E-state index contributed by atoms with van der Waals surface area (Å²) in [4.78, 5) is 27.3. The Morgan fingerprint density at radius 2 is 1.97 bits per heavy atom. The summed E-state index contributed by atoms with van der Waals surface area (Å²) in [6, 6.07) is 11.9. The van der Waals surface area contributed by atoms with Gasteiger partial charge in [-0.15, -0.1) is 3.89 Å². The van der Waals surface area contributed by atoms with Gasteiger partial charge < -0.3 is 16.0 Å². The molecule has 0 radical (unpaired) electrons. The minimum Gasteiger partial charge on any atom is -0.382 e. The van der Waals surface area contributed by atoms with E-state index in [9.17, 15) is 17.1 Å². The van der Waals surface area contributed by atoms with Crippen LogP contribution in [0.25, 0.3) is 11.2 Å². The van der Waals surface area contributed by atoms with Gasteiger partial charge in [0.2, 0.25) is 0 Å². The van der Waals surface area contributed by atoms with Crippen LogP contribution in [0, 0.1) is 0 Å². The Bertz CT molecular complexity index is 1390. The fraction of sp³-hybridized carbons (Fsp3) is 0.0526. The topological polar surface area (TPSA) is 144 Å². The van der Waals surface area contributed by atoms with E-state index >= 15 is 0 Å². The molecule has 0 unspecified atom stereocenters. The number of benzene rings is 2. The molecule has 0 spiro atoms. The highest BCUT2D eigenvalue weighted by Crippen LogP contribution is 2.25. The Labute approximate surface area is 180 Å². The van der Waals surface area contributed by atoms with Crippen molar-refractivity contribution >= 4 is 50.6 Å². The second-order valence-electron chi connectivity index (χ2n) is 6.41. The van der Waals surface area contributed by atoms with Gasteiger partial charge in [0.25, 0.3) is 5.91 Å². The van der Waals surface area contributed by atoms with E-state index in [1.165, 1.54) is 30.2 Å². The first-order valence-electron chi connectivity index (χ1n) is 8.83. The SMILES string of the molecule is Nc1ncnc2nc(SCc3cccc(NC(=O)c4cccc(S(=O)(=O)F)c4)c3)[nH]c12. The van der Waals surface area contributed by atoms with Crippen LogP contribution in [0.5, 0.6) is 0 Å². The highest BCUT2D eigenvalue weighted by Gasteiger charge is 2.15. The highest BCUT2D eigenvalue weighted by molar-refractivity contribution is 7.98. The molecule has 1 amide bonds. The van der Waals surface area contributed by atoms with Gasteiger partial charge in [-0.1, -0.05) is 30.0 Å². The van der Waals surface area contributed by atoms with Crippen LogP contribution in [0.2, 0.25) is 0 Å². The van der Waals surface area contributed by atoms with Crippen LogP contribution < -0.4 is 11.1 Å². The van der Waals surface area contributed by atoms with Gasteiger partial charge in [-0.25, -0.2) is 15.0 Å². The third kappa shape index (κ3) is 4.81. The number of nitrogen functional groups attached to an aromatic ring is 1. The zero-order valence-corrected chi connectivity index (χ0v) is 17.4. The molecule has 0 aliphatic heterocycles. The molecular weight excluding hydrogens is 443 g/mol. The highest BCUT2D eigenvalue weighted by atomic mass is 32.3. The summed E-state index contributed by atoms with van der Waals surface area (Å²) in [6.07, 6.45) is 1.35. The lowest BCUT2D eigenvalue weighted by molar-refractivity contribution is 0.102. The molecular formula is C19H15FN6O3S2. The minimum absolute atomic E-state index is 0.0273. The Kier molecular flexibility index (Phi) is 5.57. The maximum atomic E-state index is 13.2. The summed E-state index contributed by atoms with van der Waals surface area (Å²) < 4.78 is 35.3. The first-order valence-corrected chi connectivity index (χ1v) is 11.2. The van der Waals surface area contributed by atoms with Gasteiger partial charge in [-0.3, -0.25) is 4.79 Å². The number of imidazole rings is 1. The van der Waals surface area contributed by atoms with E-state index in [0.29, 0.717) is 33.6 Å². The van der Waals surface area contributed by atoms with Gasteiger partial charge in [0, 0.05) is 17.0 Å². The smallest absolute Gasteiger partial charge is 0.332 e. The van der Waals surface area contributed by atoms with Crippen molar-refractivity contribution in [2.24, 2.45) is 0 Å². The zero-order chi connectivity index (χ0) is 22.0. The third-order valence-electron chi connectivity index (χ3n) is 4.23. The molecule has 0 atom stereocenters.